The van der Waals surface area contributed by atoms with Gasteiger partial charge < -0.3 is 9.47 Å². The van der Waals surface area contributed by atoms with Gasteiger partial charge in [0.25, 0.3) is 0 Å². The minimum atomic E-state index is -0.0785. The molecule has 1 heterocycles. The maximum atomic E-state index is 11.8. The van der Waals surface area contributed by atoms with Crippen LogP contribution < -0.4 is 0 Å². The second kappa shape index (κ2) is 17.0. The van der Waals surface area contributed by atoms with E-state index < -0.39 is 0 Å². The molecule has 0 aliphatic carbocycles. The second-order valence-corrected chi connectivity index (χ2v) is 7.67. The first-order chi connectivity index (χ1) is 13.2. The van der Waals surface area contributed by atoms with Gasteiger partial charge in [-0.3, -0.25) is 14.5 Å². The summed E-state index contributed by atoms with van der Waals surface area (Å²) in [6, 6.07) is 0. The molecule has 27 heavy (non-hydrogen) atoms. The summed E-state index contributed by atoms with van der Waals surface area (Å²) in [6.45, 7) is 5.51. The number of unbranched alkanes of at least 4 members (excludes halogenated alkanes) is 5. The Hall–Kier alpha value is -1.10. The van der Waals surface area contributed by atoms with Gasteiger partial charge in [0.15, 0.2) is 0 Å². The predicted octanol–water partition coefficient (Wildman–Crippen LogP) is 4.87. The smallest absolute Gasteiger partial charge is 0.305 e. The van der Waals surface area contributed by atoms with Gasteiger partial charge in [0.05, 0.1) is 0 Å². The number of carbonyl (C=O) groups excluding carboxylic acids is 2. The molecule has 0 unspecified atom stereocenters. The largest absolute Gasteiger partial charge is 0.464 e. The molecule has 0 N–H and O–H groups in total. The first-order valence-electron chi connectivity index (χ1n) is 11.3. The van der Waals surface area contributed by atoms with Crippen LogP contribution in [0, 0.1) is 0 Å². The molecule has 0 atom stereocenters. The fourth-order valence-corrected chi connectivity index (χ4v) is 3.42. The molecule has 0 amide bonds. The number of cyclic esters (lactones) is 2. The first-order valence-corrected chi connectivity index (χ1v) is 11.3. The zero-order valence-electron chi connectivity index (χ0n) is 17.5. The summed E-state index contributed by atoms with van der Waals surface area (Å²) in [5.41, 5.74) is 0. The highest BCUT2D eigenvalue weighted by Gasteiger charge is 2.10. The van der Waals surface area contributed by atoms with Crippen molar-refractivity contribution in [3.8, 4) is 0 Å². The van der Waals surface area contributed by atoms with Gasteiger partial charge in [-0.05, 0) is 25.8 Å². The summed E-state index contributed by atoms with van der Waals surface area (Å²) in [7, 11) is 0. The van der Waals surface area contributed by atoms with Crippen LogP contribution in [0.4, 0.5) is 0 Å². The van der Waals surface area contributed by atoms with Gasteiger partial charge >= 0.3 is 11.9 Å². The molecule has 5 heteroatoms. The lowest BCUT2D eigenvalue weighted by Gasteiger charge is -2.22. The maximum Gasteiger partial charge on any atom is 0.305 e. The van der Waals surface area contributed by atoms with Crippen molar-refractivity contribution in [3.63, 3.8) is 0 Å². The van der Waals surface area contributed by atoms with Crippen molar-refractivity contribution in [2.24, 2.45) is 0 Å². The van der Waals surface area contributed by atoms with Gasteiger partial charge in [-0.25, -0.2) is 0 Å². The summed E-state index contributed by atoms with van der Waals surface area (Å²) >= 11 is 0. The first kappa shape index (κ1) is 23.9. The molecule has 1 saturated heterocycles. The third-order valence-corrected chi connectivity index (χ3v) is 5.18. The van der Waals surface area contributed by atoms with Crippen LogP contribution >= 0.6 is 0 Å². The van der Waals surface area contributed by atoms with Crippen LogP contribution in [0.15, 0.2) is 0 Å². The molecule has 5 nitrogen and oxygen atoms in total. The van der Waals surface area contributed by atoms with Crippen LogP contribution in [0.2, 0.25) is 0 Å². The number of carbonyl (C=O) groups is 2. The van der Waals surface area contributed by atoms with E-state index in [1.54, 1.807) is 0 Å². The molecule has 158 valence electrons. The maximum absolute atomic E-state index is 11.8. The standard InChI is InChI=1S/C22H41NO4/c1-2-3-4-5-10-13-16-23-17-19-26-21(24)14-11-8-6-7-9-12-15-22(25)27-20-18-23/h2-20H2,1H3. The Morgan fingerprint density at radius 1 is 0.704 bits per heavy atom. The molecule has 1 fully saturated rings. The number of nitrogens with zero attached hydrogens (tertiary/aromatic N) is 1. The molecule has 1 aliphatic rings. The number of esters is 2. The highest BCUT2D eigenvalue weighted by molar-refractivity contribution is 5.69. The molecular weight excluding hydrogens is 342 g/mol. The summed E-state index contributed by atoms with van der Waals surface area (Å²) in [4.78, 5) is 25.9. The molecule has 0 bridgehead atoms. The summed E-state index contributed by atoms with van der Waals surface area (Å²) in [5, 5.41) is 0. The van der Waals surface area contributed by atoms with Gasteiger partial charge in [-0.15, -0.1) is 0 Å². The molecule has 0 aromatic heterocycles. The molecule has 1 aliphatic heterocycles. The quantitative estimate of drug-likeness (QED) is 0.464. The lowest BCUT2D eigenvalue weighted by molar-refractivity contribution is -0.144. The third-order valence-electron chi connectivity index (χ3n) is 5.18. The average Bonchev–Trinajstić information content (AvgIpc) is 2.65. The number of ether oxygens (including phenoxy) is 2. The molecule has 0 radical (unpaired) electrons. The van der Waals surface area contributed by atoms with E-state index >= 15 is 0 Å². The van der Waals surface area contributed by atoms with E-state index in [1.165, 1.54) is 32.1 Å². The van der Waals surface area contributed by atoms with Crippen molar-refractivity contribution in [3.05, 3.63) is 0 Å². The third kappa shape index (κ3) is 14.6. The molecule has 0 saturated carbocycles. The van der Waals surface area contributed by atoms with E-state index in [2.05, 4.69) is 11.8 Å². The van der Waals surface area contributed by atoms with Crippen LogP contribution in [0.5, 0.6) is 0 Å². The zero-order chi connectivity index (χ0) is 19.6. The van der Waals surface area contributed by atoms with E-state index in [0.29, 0.717) is 26.1 Å². The lowest BCUT2D eigenvalue weighted by Crippen LogP contribution is -2.33. The predicted molar refractivity (Wildman–Crippen MR) is 109 cm³/mol. The van der Waals surface area contributed by atoms with Crippen LogP contribution in [-0.4, -0.2) is 49.7 Å². The van der Waals surface area contributed by atoms with E-state index in [-0.39, 0.29) is 11.9 Å². The minimum Gasteiger partial charge on any atom is -0.464 e. The van der Waals surface area contributed by atoms with Gasteiger partial charge in [-0.1, -0.05) is 64.7 Å². The van der Waals surface area contributed by atoms with Crippen molar-refractivity contribution in [1.29, 1.82) is 0 Å². The van der Waals surface area contributed by atoms with Gasteiger partial charge in [-0.2, -0.15) is 0 Å². The Balaban J connectivity index is 2.36. The SMILES string of the molecule is CCCCCCCCN1CCOC(=O)CCCCCCCCC(=O)OCC1. The van der Waals surface area contributed by atoms with Gasteiger partial charge in [0, 0.05) is 25.9 Å². The summed E-state index contributed by atoms with van der Waals surface area (Å²) < 4.78 is 10.8. The average molecular weight is 384 g/mol. The fourth-order valence-electron chi connectivity index (χ4n) is 3.42. The molecular formula is C22H41NO4. The second-order valence-electron chi connectivity index (χ2n) is 7.67. The highest BCUT2D eigenvalue weighted by atomic mass is 16.5. The lowest BCUT2D eigenvalue weighted by atomic mass is 10.1. The number of hydrogen-bond acceptors (Lipinski definition) is 5. The van der Waals surface area contributed by atoms with E-state index in [0.717, 1.165) is 64.6 Å². The van der Waals surface area contributed by atoms with Crippen molar-refractivity contribution in [1.82, 2.24) is 4.90 Å². The number of rotatable bonds is 7. The number of hydrogen-bond donors (Lipinski definition) is 0. The van der Waals surface area contributed by atoms with E-state index in [9.17, 15) is 9.59 Å². The van der Waals surface area contributed by atoms with Gasteiger partial charge in [0.2, 0.25) is 0 Å². The Kier molecular flexibility index (Phi) is 15.1. The fraction of sp³-hybridized carbons (Fsp3) is 0.909. The Morgan fingerprint density at radius 3 is 1.74 bits per heavy atom. The Morgan fingerprint density at radius 2 is 1.19 bits per heavy atom. The van der Waals surface area contributed by atoms with Crippen molar-refractivity contribution in [2.45, 2.75) is 96.8 Å². The van der Waals surface area contributed by atoms with E-state index in [4.69, 9.17) is 9.47 Å². The van der Waals surface area contributed by atoms with Crippen LogP contribution in [-0.2, 0) is 19.1 Å². The molecule has 1 rings (SSSR count). The van der Waals surface area contributed by atoms with Gasteiger partial charge in [0.1, 0.15) is 13.2 Å². The van der Waals surface area contributed by atoms with Crippen molar-refractivity contribution in [2.75, 3.05) is 32.8 Å². The molecule has 0 spiro atoms. The monoisotopic (exact) mass is 383 g/mol. The summed E-state index contributed by atoms with van der Waals surface area (Å²) in [5.74, 6) is -0.157. The van der Waals surface area contributed by atoms with Crippen molar-refractivity contribution >= 4 is 11.9 Å². The van der Waals surface area contributed by atoms with Crippen LogP contribution in [0.25, 0.3) is 0 Å². The zero-order valence-corrected chi connectivity index (χ0v) is 17.5. The Bertz CT molecular complexity index is 359. The minimum absolute atomic E-state index is 0.0785. The van der Waals surface area contributed by atoms with Crippen molar-refractivity contribution < 1.29 is 19.1 Å². The highest BCUT2D eigenvalue weighted by Crippen LogP contribution is 2.10. The normalized spacial score (nSPS) is 19.9. The topological polar surface area (TPSA) is 55.8 Å². The van der Waals surface area contributed by atoms with E-state index in [1.807, 2.05) is 0 Å². The molecule has 0 aromatic rings. The van der Waals surface area contributed by atoms with Crippen LogP contribution in [0.1, 0.15) is 96.8 Å². The molecule has 0 aromatic carbocycles. The Labute approximate surface area is 166 Å². The van der Waals surface area contributed by atoms with Crippen LogP contribution in [0.3, 0.4) is 0 Å². The summed E-state index contributed by atoms with van der Waals surface area (Å²) in [6.07, 6.45) is 14.8.